The van der Waals surface area contributed by atoms with Gasteiger partial charge in [-0.05, 0) is 30.7 Å². The predicted octanol–water partition coefficient (Wildman–Crippen LogP) is 3.03. The largest absolute Gasteiger partial charge is 0.349 e. The van der Waals surface area contributed by atoms with Crippen molar-refractivity contribution in [2.24, 2.45) is 0 Å². The van der Waals surface area contributed by atoms with E-state index in [-0.39, 0.29) is 17.3 Å². The van der Waals surface area contributed by atoms with Crippen LogP contribution in [0.25, 0.3) is 0 Å². The highest BCUT2D eigenvalue weighted by Crippen LogP contribution is 2.29. The topological polar surface area (TPSA) is 76.9 Å². The number of hydrogen-bond donors (Lipinski definition) is 1. The molecule has 0 unspecified atom stereocenters. The van der Waals surface area contributed by atoms with E-state index >= 15 is 0 Å². The number of rotatable bonds is 6. The van der Waals surface area contributed by atoms with E-state index in [4.69, 9.17) is 0 Å². The van der Waals surface area contributed by atoms with E-state index in [2.05, 4.69) is 15.3 Å². The lowest BCUT2D eigenvalue weighted by Gasteiger charge is -2.13. The van der Waals surface area contributed by atoms with Gasteiger partial charge in [0.25, 0.3) is 0 Å². The van der Waals surface area contributed by atoms with Gasteiger partial charge in [0.1, 0.15) is 5.03 Å². The quantitative estimate of drug-likeness (QED) is 0.505. The summed E-state index contributed by atoms with van der Waals surface area (Å²) >= 11 is 4.35. The number of amides is 1. The molecule has 134 valence electrons. The number of nitrogens with zero attached hydrogens (tertiary/aromatic N) is 3. The fourth-order valence-electron chi connectivity index (χ4n) is 3.00. The molecule has 0 fully saturated rings. The van der Waals surface area contributed by atoms with Crippen LogP contribution in [0.3, 0.4) is 0 Å². The van der Waals surface area contributed by atoms with E-state index in [1.54, 1.807) is 22.1 Å². The highest BCUT2D eigenvalue weighted by molar-refractivity contribution is 8.00. The second-order valence-electron chi connectivity index (χ2n) is 5.82. The van der Waals surface area contributed by atoms with Crippen LogP contribution in [0.5, 0.6) is 0 Å². The molecule has 3 aromatic rings. The van der Waals surface area contributed by atoms with E-state index in [1.807, 2.05) is 22.9 Å². The normalized spacial score (nSPS) is 12.9. The maximum absolute atomic E-state index is 12.6. The van der Waals surface area contributed by atoms with Gasteiger partial charge < -0.3 is 5.32 Å². The van der Waals surface area contributed by atoms with Gasteiger partial charge >= 0.3 is 5.69 Å². The first kappa shape index (κ1) is 17.4. The molecular formula is C17H16N4O2S3. The molecule has 0 atom stereocenters. The molecule has 3 heterocycles. The molecule has 9 heteroatoms. The third-order valence-electron chi connectivity index (χ3n) is 4.11. The summed E-state index contributed by atoms with van der Waals surface area (Å²) in [5.74, 6) is 0.0780. The van der Waals surface area contributed by atoms with Gasteiger partial charge in [-0.3, -0.25) is 9.36 Å². The lowest BCUT2D eigenvalue weighted by Crippen LogP contribution is -2.27. The summed E-state index contributed by atoms with van der Waals surface area (Å²) in [6.07, 6.45) is 4.46. The minimum Gasteiger partial charge on any atom is -0.301 e. The number of thioether (sulfide) groups is 1. The summed E-state index contributed by atoms with van der Waals surface area (Å²) in [7, 11) is 0. The summed E-state index contributed by atoms with van der Waals surface area (Å²) in [6.45, 7) is 0.571. The molecule has 0 radical (unpaired) electrons. The van der Waals surface area contributed by atoms with Crippen LogP contribution in [-0.2, 0) is 24.2 Å². The lowest BCUT2D eigenvalue weighted by molar-refractivity contribution is -0.113. The van der Waals surface area contributed by atoms with Crippen molar-refractivity contribution in [3.05, 3.63) is 55.7 Å². The van der Waals surface area contributed by atoms with Gasteiger partial charge in [-0.2, -0.15) is 4.98 Å². The smallest absolute Gasteiger partial charge is 0.301 e. The molecule has 0 aromatic carbocycles. The Labute approximate surface area is 162 Å². The molecule has 0 saturated carbocycles. The second-order valence-corrected chi connectivity index (χ2v) is 8.71. The third-order valence-corrected chi connectivity index (χ3v) is 6.68. The minimum absolute atomic E-state index is 0.138. The molecule has 0 bridgehead atoms. The van der Waals surface area contributed by atoms with Gasteiger partial charge in [0.15, 0.2) is 5.13 Å². The predicted molar refractivity (Wildman–Crippen MR) is 105 cm³/mol. The van der Waals surface area contributed by atoms with Gasteiger partial charge in [-0.25, -0.2) is 9.78 Å². The summed E-state index contributed by atoms with van der Waals surface area (Å²) in [5, 5.41) is 7.85. The fraction of sp³-hybridized carbons (Fsp3) is 0.294. The zero-order chi connectivity index (χ0) is 17.9. The number of thiazole rings is 1. The van der Waals surface area contributed by atoms with Gasteiger partial charge in [0, 0.05) is 27.7 Å². The monoisotopic (exact) mass is 404 g/mol. The number of aromatic nitrogens is 3. The van der Waals surface area contributed by atoms with E-state index in [9.17, 15) is 9.59 Å². The van der Waals surface area contributed by atoms with E-state index in [1.165, 1.54) is 23.1 Å². The van der Waals surface area contributed by atoms with Crippen molar-refractivity contribution < 1.29 is 4.79 Å². The average Bonchev–Trinajstić information content (AvgIpc) is 3.37. The summed E-state index contributed by atoms with van der Waals surface area (Å²) in [5.41, 5.74) is 1.95. The molecule has 1 aliphatic rings. The van der Waals surface area contributed by atoms with Crippen LogP contribution in [0.4, 0.5) is 5.13 Å². The molecule has 4 rings (SSSR count). The first-order valence-corrected chi connectivity index (χ1v) is 10.9. The molecule has 0 spiro atoms. The first-order chi connectivity index (χ1) is 12.7. The number of fused-ring (bicyclic) bond motifs is 1. The van der Waals surface area contributed by atoms with Crippen LogP contribution < -0.4 is 11.0 Å². The Morgan fingerprint density at radius 1 is 1.31 bits per heavy atom. The minimum atomic E-state index is -0.234. The van der Waals surface area contributed by atoms with Crippen LogP contribution >= 0.6 is 34.4 Å². The van der Waals surface area contributed by atoms with Gasteiger partial charge in [-0.1, -0.05) is 17.8 Å². The second kappa shape index (κ2) is 7.73. The molecule has 0 aliphatic heterocycles. The highest BCUT2D eigenvalue weighted by atomic mass is 32.2. The zero-order valence-corrected chi connectivity index (χ0v) is 16.3. The third kappa shape index (κ3) is 3.74. The number of hydrogen-bond acceptors (Lipinski definition) is 7. The first-order valence-electron chi connectivity index (χ1n) is 8.18. The van der Waals surface area contributed by atoms with Crippen LogP contribution in [0.1, 0.15) is 22.6 Å². The van der Waals surface area contributed by atoms with Crippen molar-refractivity contribution in [3.63, 3.8) is 0 Å². The van der Waals surface area contributed by atoms with Crippen molar-refractivity contribution in [1.82, 2.24) is 14.5 Å². The van der Waals surface area contributed by atoms with E-state index < -0.39 is 0 Å². The Morgan fingerprint density at radius 2 is 2.23 bits per heavy atom. The number of thiophene rings is 1. The fourth-order valence-corrected chi connectivity index (χ4v) is 5.12. The maximum atomic E-state index is 12.6. The molecule has 26 heavy (non-hydrogen) atoms. The molecule has 6 nitrogen and oxygen atoms in total. The Hall–Kier alpha value is -1.97. The molecular weight excluding hydrogens is 388 g/mol. The lowest BCUT2D eigenvalue weighted by atomic mass is 10.2. The van der Waals surface area contributed by atoms with E-state index in [0.717, 1.165) is 35.4 Å². The zero-order valence-electron chi connectivity index (χ0n) is 13.8. The summed E-state index contributed by atoms with van der Waals surface area (Å²) in [4.78, 5) is 34.1. The average molecular weight is 405 g/mol. The maximum Gasteiger partial charge on any atom is 0.349 e. The summed E-state index contributed by atoms with van der Waals surface area (Å²) in [6, 6.07) is 4.02. The Morgan fingerprint density at radius 3 is 3.00 bits per heavy atom. The highest BCUT2D eigenvalue weighted by Gasteiger charge is 2.22. The van der Waals surface area contributed by atoms with Gasteiger partial charge in [0.05, 0.1) is 12.3 Å². The number of anilines is 1. The van der Waals surface area contributed by atoms with Crippen molar-refractivity contribution in [2.75, 3.05) is 11.1 Å². The molecule has 0 saturated heterocycles. The van der Waals surface area contributed by atoms with E-state index in [0.29, 0.717) is 16.7 Å². The Kier molecular flexibility index (Phi) is 5.18. The van der Waals surface area contributed by atoms with Crippen LogP contribution in [0.2, 0.25) is 0 Å². The van der Waals surface area contributed by atoms with Crippen LogP contribution in [0.15, 0.2) is 38.9 Å². The number of nitrogens with one attached hydrogen (secondary N) is 1. The molecule has 1 N–H and O–H groups in total. The molecule has 3 aromatic heterocycles. The summed E-state index contributed by atoms with van der Waals surface area (Å²) < 4.78 is 1.79. The molecule has 1 aliphatic carbocycles. The van der Waals surface area contributed by atoms with Crippen LogP contribution in [0, 0.1) is 0 Å². The van der Waals surface area contributed by atoms with Crippen molar-refractivity contribution in [3.8, 4) is 0 Å². The number of carbonyl (C=O) groups excluding carboxylic acids is 1. The molecule has 1 amide bonds. The van der Waals surface area contributed by atoms with Crippen molar-refractivity contribution in [1.29, 1.82) is 0 Å². The Bertz CT molecular complexity index is 965. The SMILES string of the molecule is O=C(CSc1nc(=O)n(Cc2cccs2)c2c1CCC2)Nc1nccs1. The van der Waals surface area contributed by atoms with Gasteiger partial charge in [-0.15, -0.1) is 22.7 Å². The van der Waals surface area contributed by atoms with Crippen molar-refractivity contribution >= 4 is 45.5 Å². The van der Waals surface area contributed by atoms with Crippen LogP contribution in [-0.4, -0.2) is 26.2 Å². The van der Waals surface area contributed by atoms with Crippen molar-refractivity contribution in [2.45, 2.75) is 30.8 Å². The standard InChI is InChI=1S/C17H16N4O2S3/c22-14(19-16-18-6-8-25-16)10-26-15-12-4-1-5-13(12)21(17(23)20-15)9-11-3-2-7-24-11/h2-3,6-8H,1,4-5,9-10H2,(H,18,19,22). The van der Waals surface area contributed by atoms with Gasteiger partial charge in [0.2, 0.25) is 5.91 Å². The number of carbonyl (C=O) groups is 1. The Balaban J connectivity index is 1.52.